The average molecular weight is 429 g/mol. The fourth-order valence-electron chi connectivity index (χ4n) is 3.31. The molecule has 4 aromatic rings. The third-order valence-corrected chi connectivity index (χ3v) is 5.32. The van der Waals surface area contributed by atoms with Crippen molar-refractivity contribution >= 4 is 28.8 Å². The summed E-state index contributed by atoms with van der Waals surface area (Å²) in [5.74, 6) is -0.704. The molecule has 2 N–H and O–H groups in total. The first-order valence-electron chi connectivity index (χ1n) is 10.1. The molecule has 2 heterocycles. The Morgan fingerprint density at radius 1 is 0.938 bits per heavy atom. The highest BCUT2D eigenvalue weighted by atomic mass is 16.2. The molecule has 32 heavy (non-hydrogen) atoms. The molecule has 8 nitrogen and oxygen atoms in total. The van der Waals surface area contributed by atoms with Crippen LogP contribution in [0.1, 0.15) is 27.0 Å². The highest BCUT2D eigenvalue weighted by molar-refractivity contribution is 6.04. The number of aryl methyl sites for hydroxylation is 2. The number of benzene rings is 2. The number of pyridine rings is 1. The lowest BCUT2D eigenvalue weighted by molar-refractivity contribution is -0.117. The summed E-state index contributed by atoms with van der Waals surface area (Å²) in [4.78, 5) is 37.8. The van der Waals surface area contributed by atoms with Gasteiger partial charge in [-0.1, -0.05) is 29.8 Å². The number of rotatable bonds is 5. The summed E-state index contributed by atoms with van der Waals surface area (Å²) in [6, 6.07) is 16.2. The predicted octanol–water partition coefficient (Wildman–Crippen LogP) is 3.31. The van der Waals surface area contributed by atoms with Crippen molar-refractivity contribution in [2.75, 3.05) is 10.6 Å². The fraction of sp³-hybridized carbons (Fsp3) is 0.167. The van der Waals surface area contributed by atoms with E-state index >= 15 is 0 Å². The van der Waals surface area contributed by atoms with Gasteiger partial charge in [0.05, 0.1) is 5.56 Å². The van der Waals surface area contributed by atoms with Gasteiger partial charge in [0.1, 0.15) is 6.54 Å². The zero-order chi connectivity index (χ0) is 22.8. The van der Waals surface area contributed by atoms with Crippen LogP contribution in [0.5, 0.6) is 0 Å². The standard InChI is InChI=1S/C24H23N5O3/c1-15-7-10-19(11-8-15)25-23(31)18-9-12-21-27-29(24(32)28(21)13-18)14-22(30)26-20-6-4-5-16(2)17(20)3/h4-13H,14H2,1-3H3,(H,25,31)(H,26,30). The molecule has 2 aromatic heterocycles. The van der Waals surface area contributed by atoms with Gasteiger partial charge in [0.25, 0.3) is 5.91 Å². The molecule has 8 heteroatoms. The molecular formula is C24H23N5O3. The zero-order valence-corrected chi connectivity index (χ0v) is 18.0. The molecule has 0 unspecified atom stereocenters. The molecule has 0 aliphatic rings. The second kappa shape index (κ2) is 8.50. The van der Waals surface area contributed by atoms with Gasteiger partial charge in [0.2, 0.25) is 5.91 Å². The van der Waals surface area contributed by atoms with Crippen molar-refractivity contribution in [1.29, 1.82) is 0 Å². The van der Waals surface area contributed by atoms with E-state index in [0.29, 0.717) is 22.6 Å². The molecule has 0 fully saturated rings. The monoisotopic (exact) mass is 429 g/mol. The minimum Gasteiger partial charge on any atom is -0.324 e. The van der Waals surface area contributed by atoms with Crippen molar-refractivity contribution in [3.8, 4) is 0 Å². The van der Waals surface area contributed by atoms with E-state index in [-0.39, 0.29) is 18.4 Å². The largest absolute Gasteiger partial charge is 0.350 e. The molecule has 0 atom stereocenters. The molecule has 162 valence electrons. The van der Waals surface area contributed by atoms with Crippen LogP contribution in [0.3, 0.4) is 0 Å². The third-order valence-electron chi connectivity index (χ3n) is 5.32. The molecular weight excluding hydrogens is 406 g/mol. The Kier molecular flexibility index (Phi) is 5.59. The van der Waals surface area contributed by atoms with E-state index in [1.807, 2.05) is 63.2 Å². The van der Waals surface area contributed by atoms with Crippen LogP contribution in [0.4, 0.5) is 11.4 Å². The Morgan fingerprint density at radius 3 is 2.44 bits per heavy atom. The fourth-order valence-corrected chi connectivity index (χ4v) is 3.31. The molecule has 0 spiro atoms. The third kappa shape index (κ3) is 4.29. The Morgan fingerprint density at radius 2 is 1.69 bits per heavy atom. The van der Waals surface area contributed by atoms with E-state index in [0.717, 1.165) is 21.4 Å². The van der Waals surface area contributed by atoms with Crippen molar-refractivity contribution in [1.82, 2.24) is 14.2 Å². The first kappa shape index (κ1) is 21.0. The van der Waals surface area contributed by atoms with Gasteiger partial charge in [0, 0.05) is 17.6 Å². The topological polar surface area (TPSA) is 97.5 Å². The van der Waals surface area contributed by atoms with Crippen LogP contribution >= 0.6 is 0 Å². The second-order valence-electron chi connectivity index (χ2n) is 7.70. The lowest BCUT2D eigenvalue weighted by Crippen LogP contribution is -2.28. The maximum atomic E-state index is 12.8. The van der Waals surface area contributed by atoms with Crippen LogP contribution in [0.25, 0.3) is 5.65 Å². The van der Waals surface area contributed by atoms with Crippen LogP contribution in [0.2, 0.25) is 0 Å². The number of amides is 2. The molecule has 0 saturated heterocycles. The van der Waals surface area contributed by atoms with Gasteiger partial charge < -0.3 is 10.6 Å². The number of carbonyl (C=O) groups excluding carboxylic acids is 2. The second-order valence-corrected chi connectivity index (χ2v) is 7.70. The predicted molar refractivity (Wildman–Crippen MR) is 123 cm³/mol. The lowest BCUT2D eigenvalue weighted by atomic mass is 10.1. The van der Waals surface area contributed by atoms with E-state index in [9.17, 15) is 14.4 Å². The van der Waals surface area contributed by atoms with Crippen molar-refractivity contribution in [3.63, 3.8) is 0 Å². The molecule has 4 rings (SSSR count). The highest BCUT2D eigenvalue weighted by Gasteiger charge is 2.14. The molecule has 0 bridgehead atoms. The number of carbonyl (C=O) groups is 2. The van der Waals surface area contributed by atoms with Crippen LogP contribution in [0.15, 0.2) is 65.6 Å². The van der Waals surface area contributed by atoms with E-state index in [2.05, 4.69) is 15.7 Å². The summed E-state index contributed by atoms with van der Waals surface area (Å²) in [5.41, 5.74) is 4.62. The molecule has 2 aromatic carbocycles. The minimum absolute atomic E-state index is 0.237. The Balaban J connectivity index is 1.53. The van der Waals surface area contributed by atoms with Gasteiger partial charge in [-0.3, -0.25) is 9.59 Å². The summed E-state index contributed by atoms with van der Waals surface area (Å²) in [6.07, 6.45) is 1.42. The summed E-state index contributed by atoms with van der Waals surface area (Å²) >= 11 is 0. The first-order valence-corrected chi connectivity index (χ1v) is 10.1. The van der Waals surface area contributed by atoms with Crippen molar-refractivity contribution in [3.05, 3.63) is 93.5 Å². The van der Waals surface area contributed by atoms with Crippen LogP contribution in [0, 0.1) is 20.8 Å². The zero-order valence-electron chi connectivity index (χ0n) is 18.0. The van der Waals surface area contributed by atoms with E-state index in [1.165, 1.54) is 10.6 Å². The minimum atomic E-state index is -0.499. The van der Waals surface area contributed by atoms with Gasteiger partial charge in [-0.05, 0) is 62.2 Å². The Labute approximate surface area is 184 Å². The highest BCUT2D eigenvalue weighted by Crippen LogP contribution is 2.18. The molecule has 0 saturated carbocycles. The summed E-state index contributed by atoms with van der Waals surface area (Å²) < 4.78 is 2.34. The van der Waals surface area contributed by atoms with Gasteiger partial charge in [-0.25, -0.2) is 13.9 Å². The van der Waals surface area contributed by atoms with E-state index < -0.39 is 5.69 Å². The lowest BCUT2D eigenvalue weighted by Gasteiger charge is -2.09. The quantitative estimate of drug-likeness (QED) is 0.509. The van der Waals surface area contributed by atoms with Gasteiger partial charge in [-0.15, -0.1) is 5.10 Å². The SMILES string of the molecule is Cc1ccc(NC(=O)c2ccc3nn(CC(=O)Nc4cccc(C)c4C)c(=O)n3c2)cc1. The molecule has 2 amide bonds. The number of fused-ring (bicyclic) bond motifs is 1. The van der Waals surface area contributed by atoms with Crippen LogP contribution in [-0.4, -0.2) is 26.0 Å². The van der Waals surface area contributed by atoms with E-state index in [1.54, 1.807) is 12.1 Å². The average Bonchev–Trinajstić information content (AvgIpc) is 3.07. The molecule has 0 radical (unpaired) electrons. The Hall–Kier alpha value is -4.20. The number of hydrogen-bond acceptors (Lipinski definition) is 4. The maximum absolute atomic E-state index is 12.8. The van der Waals surface area contributed by atoms with E-state index in [4.69, 9.17) is 0 Å². The summed E-state index contributed by atoms with van der Waals surface area (Å²) in [5, 5.41) is 9.82. The number of anilines is 2. The normalized spacial score (nSPS) is 10.8. The maximum Gasteiger partial charge on any atom is 0.350 e. The van der Waals surface area contributed by atoms with Crippen LogP contribution < -0.4 is 16.3 Å². The summed E-state index contributed by atoms with van der Waals surface area (Å²) in [6.45, 7) is 5.61. The van der Waals surface area contributed by atoms with Crippen molar-refractivity contribution < 1.29 is 9.59 Å². The number of aromatic nitrogens is 3. The first-order chi connectivity index (χ1) is 15.3. The van der Waals surface area contributed by atoms with Gasteiger partial charge >= 0.3 is 5.69 Å². The van der Waals surface area contributed by atoms with Gasteiger partial charge in [0.15, 0.2) is 5.65 Å². The number of nitrogens with one attached hydrogen (secondary N) is 2. The smallest absolute Gasteiger partial charge is 0.324 e. The summed E-state index contributed by atoms with van der Waals surface area (Å²) in [7, 11) is 0. The van der Waals surface area contributed by atoms with Crippen LogP contribution in [-0.2, 0) is 11.3 Å². The molecule has 0 aliphatic carbocycles. The molecule has 0 aliphatic heterocycles. The van der Waals surface area contributed by atoms with Gasteiger partial charge in [-0.2, -0.15) is 0 Å². The van der Waals surface area contributed by atoms with Crippen molar-refractivity contribution in [2.24, 2.45) is 0 Å². The Bertz CT molecular complexity index is 1380. The van der Waals surface area contributed by atoms with Crippen molar-refractivity contribution in [2.45, 2.75) is 27.3 Å². The number of nitrogens with zero attached hydrogens (tertiary/aromatic N) is 3. The number of hydrogen-bond donors (Lipinski definition) is 2.